The average molecular weight is 499 g/mol. The van der Waals surface area contributed by atoms with Gasteiger partial charge in [-0.05, 0) is 31.0 Å². The number of amides is 1. The van der Waals surface area contributed by atoms with E-state index < -0.39 is 24.4 Å². The van der Waals surface area contributed by atoms with Gasteiger partial charge in [0.1, 0.15) is 11.7 Å². The smallest absolute Gasteiger partial charge is 0.343 e. The number of hydrogen-bond acceptors (Lipinski definition) is 9. The van der Waals surface area contributed by atoms with Gasteiger partial charge in [-0.2, -0.15) is 0 Å². The summed E-state index contributed by atoms with van der Waals surface area (Å²) in [5, 5.41) is 6.20. The zero-order chi connectivity index (χ0) is 25.6. The van der Waals surface area contributed by atoms with Crippen molar-refractivity contribution in [2.75, 3.05) is 34.9 Å². The summed E-state index contributed by atoms with van der Waals surface area (Å²) in [6.45, 7) is 2.45. The van der Waals surface area contributed by atoms with Crippen LogP contribution in [0.1, 0.15) is 58.1 Å². The van der Waals surface area contributed by atoms with Crippen LogP contribution < -0.4 is 34.3 Å². The van der Waals surface area contributed by atoms with E-state index in [-0.39, 0.29) is 5.91 Å². The zero-order valence-corrected chi connectivity index (χ0v) is 21.0. The van der Waals surface area contributed by atoms with E-state index in [9.17, 15) is 9.59 Å². The van der Waals surface area contributed by atoms with E-state index in [0.29, 0.717) is 65.7 Å². The van der Waals surface area contributed by atoms with Crippen LogP contribution in [-0.4, -0.2) is 53.1 Å². The van der Waals surface area contributed by atoms with Crippen LogP contribution in [0.5, 0.6) is 28.7 Å². The first-order valence-corrected chi connectivity index (χ1v) is 11.9. The van der Waals surface area contributed by atoms with Crippen LogP contribution in [0.2, 0.25) is 0 Å². The van der Waals surface area contributed by atoms with Gasteiger partial charge in [-0.1, -0.05) is 6.07 Å². The number of methoxy groups -OCH3 is 3. The number of nitrogens with one attached hydrogen (secondary N) is 2. The average Bonchev–Trinajstić information content (AvgIpc) is 3.44. The molecule has 2 N–H and O–H groups in total. The van der Waals surface area contributed by atoms with Crippen LogP contribution in [0, 0.1) is 0 Å². The Hall–Kier alpha value is -3.66. The van der Waals surface area contributed by atoms with Crippen LogP contribution in [0.4, 0.5) is 0 Å². The number of ether oxygens (including phenoxy) is 6. The highest BCUT2D eigenvalue weighted by atomic mass is 16.7. The first-order valence-electron chi connectivity index (χ1n) is 11.9. The molecule has 3 atom stereocenters. The van der Waals surface area contributed by atoms with Gasteiger partial charge in [-0.3, -0.25) is 4.79 Å². The molecule has 2 aromatic carbocycles. The molecule has 5 rings (SSSR count). The van der Waals surface area contributed by atoms with E-state index in [1.807, 2.05) is 13.0 Å². The van der Waals surface area contributed by atoms with Crippen LogP contribution in [0.25, 0.3) is 0 Å². The Morgan fingerprint density at radius 3 is 2.53 bits per heavy atom. The van der Waals surface area contributed by atoms with Crippen molar-refractivity contribution in [1.29, 1.82) is 0 Å². The van der Waals surface area contributed by atoms with Gasteiger partial charge in [-0.15, -0.1) is 0 Å². The molecule has 0 saturated heterocycles. The quantitative estimate of drug-likeness (QED) is 0.556. The minimum absolute atomic E-state index is 0.0644. The van der Waals surface area contributed by atoms with E-state index in [0.717, 1.165) is 16.7 Å². The second kappa shape index (κ2) is 9.42. The van der Waals surface area contributed by atoms with Crippen molar-refractivity contribution in [3.8, 4) is 28.7 Å². The molecular formula is C26H30N2O8. The number of esters is 1. The number of carbonyl (C=O) groups is 2. The van der Waals surface area contributed by atoms with E-state index in [2.05, 4.69) is 10.6 Å². The van der Waals surface area contributed by atoms with Crippen molar-refractivity contribution in [2.24, 2.45) is 0 Å². The van der Waals surface area contributed by atoms with Gasteiger partial charge < -0.3 is 39.1 Å². The Kier molecular flexibility index (Phi) is 6.29. The van der Waals surface area contributed by atoms with Gasteiger partial charge in [0.2, 0.25) is 17.9 Å². The fraction of sp³-hybridized carbons (Fsp3) is 0.462. The SMILES string of the molecule is CNC(=O)CCc1c2c(c(OC)c3c1O[C@@H](C)O3)C([C@H]1OC(=O)c3c1ccc(OC)c3OC)NCC2. The second-order valence-electron chi connectivity index (χ2n) is 8.81. The highest BCUT2D eigenvalue weighted by Crippen LogP contribution is 2.56. The van der Waals surface area contributed by atoms with Crippen LogP contribution in [0.3, 0.4) is 0 Å². The molecule has 3 aliphatic rings. The number of carbonyl (C=O) groups excluding carboxylic acids is 2. The van der Waals surface area contributed by atoms with Gasteiger partial charge in [0, 0.05) is 37.1 Å². The maximum Gasteiger partial charge on any atom is 0.343 e. The molecule has 10 heteroatoms. The Labute approximate surface area is 209 Å². The first-order chi connectivity index (χ1) is 17.4. The Balaban J connectivity index is 1.66. The molecule has 3 heterocycles. The standard InChI is InChI=1S/C26H30N2O8/c1-12-34-22-14(7-9-17(29)27-2)13-10-11-28-20(18(13)24(33-5)25(22)35-12)21-15-6-8-16(31-3)23(32-4)19(15)26(30)36-21/h6,8,12,20-21,28H,7,9-11H2,1-5H3,(H,27,29)/t12-,20?,21+/m1/s1. The molecular weight excluding hydrogens is 468 g/mol. The Bertz CT molecular complexity index is 1230. The van der Waals surface area contributed by atoms with Crippen molar-refractivity contribution in [2.45, 2.75) is 44.6 Å². The summed E-state index contributed by atoms with van der Waals surface area (Å²) < 4.78 is 34.8. The van der Waals surface area contributed by atoms with Gasteiger partial charge in [0.25, 0.3) is 0 Å². The summed E-state index contributed by atoms with van der Waals surface area (Å²) in [4.78, 5) is 25.1. The zero-order valence-electron chi connectivity index (χ0n) is 21.0. The van der Waals surface area contributed by atoms with Crippen molar-refractivity contribution in [3.63, 3.8) is 0 Å². The molecule has 0 radical (unpaired) electrons. The number of benzene rings is 2. The molecule has 3 aliphatic heterocycles. The van der Waals surface area contributed by atoms with Crippen LogP contribution in [-0.2, 0) is 22.4 Å². The predicted octanol–water partition coefficient (Wildman–Crippen LogP) is 2.61. The van der Waals surface area contributed by atoms with Gasteiger partial charge in [0.05, 0.1) is 27.4 Å². The van der Waals surface area contributed by atoms with Gasteiger partial charge in [-0.25, -0.2) is 4.79 Å². The summed E-state index contributed by atoms with van der Waals surface area (Å²) in [6, 6.07) is 3.18. The molecule has 36 heavy (non-hydrogen) atoms. The molecule has 10 nitrogen and oxygen atoms in total. The molecule has 192 valence electrons. The normalized spacial score (nSPS) is 21.4. The molecule has 0 aliphatic carbocycles. The number of hydrogen-bond donors (Lipinski definition) is 2. The molecule has 0 bridgehead atoms. The lowest BCUT2D eigenvalue weighted by molar-refractivity contribution is -0.120. The van der Waals surface area contributed by atoms with Crippen molar-refractivity contribution in [3.05, 3.63) is 39.9 Å². The summed E-state index contributed by atoms with van der Waals surface area (Å²) in [5.74, 6) is 1.90. The molecule has 1 unspecified atom stereocenters. The molecule has 0 spiro atoms. The fourth-order valence-corrected chi connectivity index (χ4v) is 5.42. The third-order valence-electron chi connectivity index (χ3n) is 6.95. The minimum atomic E-state index is -0.634. The van der Waals surface area contributed by atoms with Gasteiger partial charge >= 0.3 is 5.97 Å². The van der Waals surface area contributed by atoms with Crippen molar-refractivity contribution < 1.29 is 38.0 Å². The Morgan fingerprint density at radius 2 is 1.83 bits per heavy atom. The number of cyclic esters (lactones) is 1. The summed E-state index contributed by atoms with van der Waals surface area (Å²) in [5.41, 5.74) is 3.82. The highest BCUT2D eigenvalue weighted by Gasteiger charge is 2.45. The molecule has 0 saturated carbocycles. The summed E-state index contributed by atoms with van der Waals surface area (Å²) in [7, 11) is 6.22. The largest absolute Gasteiger partial charge is 0.493 e. The van der Waals surface area contributed by atoms with E-state index in [1.165, 1.54) is 14.2 Å². The van der Waals surface area contributed by atoms with Crippen molar-refractivity contribution in [1.82, 2.24) is 10.6 Å². The minimum Gasteiger partial charge on any atom is -0.493 e. The molecule has 0 aromatic heterocycles. The lowest BCUT2D eigenvalue weighted by Gasteiger charge is -2.34. The molecule has 2 aromatic rings. The molecule has 0 fully saturated rings. The number of rotatable bonds is 7. The number of fused-ring (bicyclic) bond motifs is 3. The maximum atomic E-state index is 13.0. The lowest BCUT2D eigenvalue weighted by Crippen LogP contribution is -2.35. The van der Waals surface area contributed by atoms with Crippen LogP contribution >= 0.6 is 0 Å². The monoisotopic (exact) mass is 498 g/mol. The fourth-order valence-electron chi connectivity index (χ4n) is 5.42. The highest BCUT2D eigenvalue weighted by molar-refractivity contribution is 5.98. The van der Waals surface area contributed by atoms with E-state index in [4.69, 9.17) is 28.4 Å². The molecule has 1 amide bonds. The first kappa shape index (κ1) is 24.1. The Morgan fingerprint density at radius 1 is 1.08 bits per heavy atom. The summed E-state index contributed by atoms with van der Waals surface area (Å²) >= 11 is 0. The topological polar surface area (TPSA) is 114 Å². The van der Waals surface area contributed by atoms with Crippen molar-refractivity contribution >= 4 is 11.9 Å². The van der Waals surface area contributed by atoms with Gasteiger partial charge in [0.15, 0.2) is 23.0 Å². The van der Waals surface area contributed by atoms with E-state index >= 15 is 0 Å². The third-order valence-corrected chi connectivity index (χ3v) is 6.95. The predicted molar refractivity (Wildman–Crippen MR) is 128 cm³/mol. The second-order valence-corrected chi connectivity index (χ2v) is 8.81. The third kappa shape index (κ3) is 3.67. The summed E-state index contributed by atoms with van der Waals surface area (Å²) in [6.07, 6.45) is 0.337. The maximum absolute atomic E-state index is 13.0. The van der Waals surface area contributed by atoms with Crippen LogP contribution in [0.15, 0.2) is 12.1 Å². The lowest BCUT2D eigenvalue weighted by atomic mass is 9.83. The van der Waals surface area contributed by atoms with E-state index in [1.54, 1.807) is 20.2 Å².